The Kier molecular flexibility index (Phi) is 4.53. The third-order valence-electron chi connectivity index (χ3n) is 4.09. The Morgan fingerprint density at radius 1 is 1.19 bits per heavy atom. The molecule has 26 heavy (non-hydrogen) atoms. The number of nitrogens with two attached hydrogens (primary N) is 1. The van der Waals surface area contributed by atoms with E-state index in [4.69, 9.17) is 5.73 Å². The molecule has 132 valence electrons. The van der Waals surface area contributed by atoms with Crippen molar-refractivity contribution in [2.45, 2.75) is 19.1 Å². The normalized spacial score (nSPS) is 12.5. The van der Waals surface area contributed by atoms with Gasteiger partial charge in [0, 0.05) is 6.08 Å². The van der Waals surface area contributed by atoms with Crippen molar-refractivity contribution in [2.24, 2.45) is 0 Å². The van der Waals surface area contributed by atoms with Crippen LogP contribution in [0, 0.1) is 11.3 Å². The van der Waals surface area contributed by atoms with Crippen LogP contribution in [0.5, 0.6) is 0 Å². The van der Waals surface area contributed by atoms with Crippen LogP contribution in [0.25, 0.3) is 16.6 Å². The van der Waals surface area contributed by atoms with Crippen molar-refractivity contribution < 1.29 is 8.42 Å². The summed E-state index contributed by atoms with van der Waals surface area (Å²) >= 11 is 0. The molecule has 0 saturated heterocycles. The van der Waals surface area contributed by atoms with Gasteiger partial charge in [0.25, 0.3) is 0 Å². The first-order valence-electron chi connectivity index (χ1n) is 8.04. The molecular formula is C19H18N4O2S. The maximum Gasteiger partial charge on any atom is 0.244 e. The summed E-state index contributed by atoms with van der Waals surface area (Å²) < 4.78 is 26.4. The third kappa shape index (κ3) is 2.95. The minimum Gasteiger partial charge on any atom is -0.368 e. The summed E-state index contributed by atoms with van der Waals surface area (Å²) in [6.07, 6.45) is 1.44. The molecule has 0 aliphatic carbocycles. The quantitative estimate of drug-likeness (QED) is 0.715. The van der Waals surface area contributed by atoms with Gasteiger partial charge in [-0.1, -0.05) is 36.4 Å². The lowest BCUT2D eigenvalue weighted by Crippen LogP contribution is -2.23. The highest BCUT2D eigenvalue weighted by atomic mass is 32.2. The summed E-state index contributed by atoms with van der Waals surface area (Å²) in [5.74, 6) is -0.0728. The SMILES string of the molecule is CC(C)S(=O)(=O)n1c(N)nc2ccc(C(=CC#N)c3ccccc3)cc21. The molecule has 3 rings (SSSR count). The molecule has 1 heterocycles. The molecule has 0 aliphatic rings. The molecule has 2 aromatic carbocycles. The van der Waals surface area contributed by atoms with Gasteiger partial charge in [-0.15, -0.1) is 0 Å². The van der Waals surface area contributed by atoms with Crippen LogP contribution in [-0.4, -0.2) is 22.6 Å². The highest BCUT2D eigenvalue weighted by Gasteiger charge is 2.24. The van der Waals surface area contributed by atoms with Gasteiger partial charge in [0.1, 0.15) is 0 Å². The van der Waals surface area contributed by atoms with Crippen molar-refractivity contribution in [1.29, 1.82) is 5.26 Å². The van der Waals surface area contributed by atoms with Crippen molar-refractivity contribution >= 4 is 32.6 Å². The van der Waals surface area contributed by atoms with E-state index < -0.39 is 15.3 Å². The van der Waals surface area contributed by atoms with Crippen molar-refractivity contribution in [1.82, 2.24) is 8.96 Å². The lowest BCUT2D eigenvalue weighted by molar-refractivity contribution is 0.580. The first-order valence-corrected chi connectivity index (χ1v) is 9.54. The molecule has 0 radical (unpaired) electrons. The second kappa shape index (κ2) is 6.65. The Hall–Kier alpha value is -3.11. The molecule has 0 amide bonds. The summed E-state index contributed by atoms with van der Waals surface area (Å²) in [5.41, 5.74) is 9.03. The van der Waals surface area contributed by atoms with Gasteiger partial charge in [0.2, 0.25) is 16.0 Å². The third-order valence-corrected chi connectivity index (χ3v) is 6.18. The number of anilines is 1. The number of imidazole rings is 1. The Labute approximate surface area is 152 Å². The lowest BCUT2D eigenvalue weighted by atomic mass is 9.97. The van der Waals surface area contributed by atoms with Gasteiger partial charge in [-0.05, 0) is 42.7 Å². The lowest BCUT2D eigenvalue weighted by Gasteiger charge is -2.12. The molecule has 7 heteroatoms. The fraction of sp³-hybridized carbons (Fsp3) is 0.158. The molecule has 0 bridgehead atoms. The summed E-state index contributed by atoms with van der Waals surface area (Å²) in [5, 5.41) is 8.53. The second-order valence-corrected chi connectivity index (χ2v) is 8.42. The predicted octanol–water partition coefficient (Wildman–Crippen LogP) is 3.16. The number of nitrogens with zero attached hydrogens (tertiary/aromatic N) is 3. The zero-order chi connectivity index (χ0) is 18.9. The monoisotopic (exact) mass is 366 g/mol. The van der Waals surface area contributed by atoms with Crippen molar-refractivity contribution in [2.75, 3.05) is 5.73 Å². The molecule has 1 aromatic heterocycles. The Bertz CT molecular complexity index is 1140. The zero-order valence-corrected chi connectivity index (χ0v) is 15.2. The van der Waals surface area contributed by atoms with E-state index >= 15 is 0 Å². The number of rotatable bonds is 4. The molecule has 0 fully saturated rings. The average molecular weight is 366 g/mol. The number of nitrogen functional groups attached to an aromatic ring is 1. The van der Waals surface area contributed by atoms with Crippen LogP contribution in [0.15, 0.2) is 54.6 Å². The van der Waals surface area contributed by atoms with Gasteiger partial charge in [0.15, 0.2) is 0 Å². The molecule has 3 aromatic rings. The van der Waals surface area contributed by atoms with Gasteiger partial charge in [0.05, 0.1) is 22.4 Å². The Morgan fingerprint density at radius 2 is 1.88 bits per heavy atom. The van der Waals surface area contributed by atoms with Gasteiger partial charge >= 0.3 is 0 Å². The average Bonchev–Trinajstić information content (AvgIpc) is 2.95. The Balaban J connectivity index is 2.27. The number of hydrogen-bond acceptors (Lipinski definition) is 5. The van der Waals surface area contributed by atoms with E-state index in [-0.39, 0.29) is 5.95 Å². The molecule has 0 unspecified atom stereocenters. The molecule has 0 spiro atoms. The van der Waals surface area contributed by atoms with E-state index in [1.54, 1.807) is 32.0 Å². The van der Waals surface area contributed by atoms with Gasteiger partial charge < -0.3 is 5.73 Å². The first kappa shape index (κ1) is 17.7. The second-order valence-electron chi connectivity index (χ2n) is 6.08. The van der Waals surface area contributed by atoms with Crippen LogP contribution in [0.2, 0.25) is 0 Å². The number of benzene rings is 2. The highest BCUT2D eigenvalue weighted by molar-refractivity contribution is 7.90. The van der Waals surface area contributed by atoms with Gasteiger partial charge in [-0.2, -0.15) is 5.26 Å². The molecule has 0 aliphatic heterocycles. The van der Waals surface area contributed by atoms with Gasteiger partial charge in [-0.25, -0.2) is 17.4 Å². The van der Waals surface area contributed by atoms with Crippen molar-refractivity contribution in [3.8, 4) is 6.07 Å². The summed E-state index contributed by atoms with van der Waals surface area (Å²) in [7, 11) is -3.67. The molecule has 0 atom stereocenters. The number of nitriles is 1. The number of hydrogen-bond donors (Lipinski definition) is 1. The van der Waals surface area contributed by atoms with Crippen LogP contribution in [0.4, 0.5) is 5.95 Å². The van der Waals surface area contributed by atoms with Crippen LogP contribution in [0.1, 0.15) is 25.0 Å². The maximum absolute atomic E-state index is 12.7. The molecule has 2 N–H and O–H groups in total. The van der Waals surface area contributed by atoms with Crippen LogP contribution in [0.3, 0.4) is 0 Å². The van der Waals surface area contributed by atoms with E-state index in [0.717, 1.165) is 9.54 Å². The van der Waals surface area contributed by atoms with Crippen LogP contribution < -0.4 is 5.73 Å². The zero-order valence-electron chi connectivity index (χ0n) is 14.4. The van der Waals surface area contributed by atoms with E-state index in [9.17, 15) is 13.7 Å². The van der Waals surface area contributed by atoms with E-state index in [2.05, 4.69) is 11.1 Å². The van der Waals surface area contributed by atoms with E-state index in [1.165, 1.54) is 6.08 Å². The number of allylic oxidation sites excluding steroid dienone is 1. The number of aromatic nitrogens is 2. The van der Waals surface area contributed by atoms with E-state index in [1.807, 2.05) is 30.3 Å². The first-order chi connectivity index (χ1) is 12.4. The van der Waals surface area contributed by atoms with Crippen molar-refractivity contribution in [3.05, 3.63) is 65.7 Å². The van der Waals surface area contributed by atoms with Crippen LogP contribution in [-0.2, 0) is 10.0 Å². The number of fused-ring (bicyclic) bond motifs is 1. The van der Waals surface area contributed by atoms with Gasteiger partial charge in [-0.3, -0.25) is 0 Å². The molecule has 0 saturated carbocycles. The van der Waals surface area contributed by atoms with E-state index in [0.29, 0.717) is 22.2 Å². The fourth-order valence-electron chi connectivity index (χ4n) is 2.73. The Morgan fingerprint density at radius 3 is 2.50 bits per heavy atom. The van der Waals surface area contributed by atoms with Crippen LogP contribution >= 0.6 is 0 Å². The fourth-order valence-corrected chi connectivity index (χ4v) is 3.88. The topological polar surface area (TPSA) is 102 Å². The predicted molar refractivity (Wildman–Crippen MR) is 103 cm³/mol. The molecular weight excluding hydrogens is 348 g/mol. The minimum absolute atomic E-state index is 0.0728. The summed E-state index contributed by atoms with van der Waals surface area (Å²) in [6.45, 7) is 3.19. The summed E-state index contributed by atoms with van der Waals surface area (Å²) in [4.78, 5) is 4.16. The highest BCUT2D eigenvalue weighted by Crippen LogP contribution is 2.29. The summed E-state index contributed by atoms with van der Waals surface area (Å²) in [6, 6.07) is 16.7. The smallest absolute Gasteiger partial charge is 0.244 e. The van der Waals surface area contributed by atoms with Crippen molar-refractivity contribution in [3.63, 3.8) is 0 Å². The minimum atomic E-state index is -3.67. The largest absolute Gasteiger partial charge is 0.368 e. The standard InChI is InChI=1S/C19H18N4O2S/c1-13(2)26(24,25)23-18-12-15(8-9-17(18)22-19(23)21)16(10-11-20)14-6-4-3-5-7-14/h3-10,12-13H,1-2H3,(H2,21,22). The maximum atomic E-state index is 12.7. The molecule has 6 nitrogen and oxygen atoms in total.